The molecule has 0 unspecified atom stereocenters. The largest absolute Gasteiger partial charge is 0.455 e. The Morgan fingerprint density at radius 3 is 2.33 bits per heavy atom. The summed E-state index contributed by atoms with van der Waals surface area (Å²) in [5, 5.41) is 5.54. The first-order valence-electron chi connectivity index (χ1n) is 10.8. The standard InChI is InChI=1S/C26H25N3O4/c1-3-26(19-9-5-4-6-10-19)24(31)29(25(32)28-26)17-23(30)27-21-11-7-8-12-22(21)33-20-15-13-18(2)14-16-20/h4-16H,3,17H2,1-2H3,(H,27,30)(H,28,32)/t26-/m1/s1. The lowest BCUT2D eigenvalue weighted by molar-refractivity contribution is -0.134. The average Bonchev–Trinajstić information content (AvgIpc) is 3.07. The molecule has 0 aliphatic carbocycles. The van der Waals surface area contributed by atoms with Crippen LogP contribution in [0.5, 0.6) is 11.5 Å². The van der Waals surface area contributed by atoms with Crippen LogP contribution in [0, 0.1) is 6.92 Å². The highest BCUT2D eigenvalue weighted by molar-refractivity contribution is 6.10. The number of urea groups is 1. The van der Waals surface area contributed by atoms with Gasteiger partial charge < -0.3 is 15.4 Å². The number of ether oxygens (including phenoxy) is 1. The molecular formula is C26H25N3O4. The van der Waals surface area contributed by atoms with E-state index in [1.54, 1.807) is 36.4 Å². The summed E-state index contributed by atoms with van der Waals surface area (Å²) in [6.07, 6.45) is 0.368. The van der Waals surface area contributed by atoms with Gasteiger partial charge in [0.05, 0.1) is 5.69 Å². The van der Waals surface area contributed by atoms with Crippen molar-refractivity contribution in [2.45, 2.75) is 25.8 Å². The van der Waals surface area contributed by atoms with Crippen molar-refractivity contribution >= 4 is 23.5 Å². The van der Waals surface area contributed by atoms with Crippen molar-refractivity contribution in [2.75, 3.05) is 11.9 Å². The second kappa shape index (κ2) is 9.16. The number of carbonyl (C=O) groups excluding carboxylic acids is 3. The highest BCUT2D eigenvalue weighted by Gasteiger charge is 2.51. The molecule has 0 spiro atoms. The SMILES string of the molecule is CC[C@]1(c2ccccc2)NC(=O)N(CC(=O)Nc2ccccc2Oc2ccc(C)cc2)C1=O. The molecule has 1 atom stereocenters. The molecule has 1 heterocycles. The number of aryl methyl sites for hydroxylation is 1. The quantitative estimate of drug-likeness (QED) is 0.523. The molecule has 3 aromatic carbocycles. The summed E-state index contributed by atoms with van der Waals surface area (Å²) < 4.78 is 5.91. The predicted molar refractivity (Wildman–Crippen MR) is 125 cm³/mol. The third-order valence-corrected chi connectivity index (χ3v) is 5.68. The number of nitrogens with zero attached hydrogens (tertiary/aromatic N) is 1. The third kappa shape index (κ3) is 4.43. The number of carbonyl (C=O) groups is 3. The predicted octanol–water partition coefficient (Wildman–Crippen LogP) is 4.58. The molecule has 2 N–H and O–H groups in total. The van der Waals surface area contributed by atoms with Gasteiger partial charge in [-0.1, -0.05) is 67.1 Å². The Labute approximate surface area is 192 Å². The molecule has 3 aromatic rings. The molecule has 7 nitrogen and oxygen atoms in total. The second-order valence-corrected chi connectivity index (χ2v) is 7.91. The van der Waals surface area contributed by atoms with Crippen LogP contribution in [0.4, 0.5) is 10.5 Å². The van der Waals surface area contributed by atoms with Crippen molar-refractivity contribution in [3.8, 4) is 11.5 Å². The molecular weight excluding hydrogens is 418 g/mol. The van der Waals surface area contributed by atoms with Gasteiger partial charge in [-0.3, -0.25) is 14.5 Å². The number of imide groups is 1. The molecule has 168 valence electrons. The van der Waals surface area contributed by atoms with Crippen LogP contribution in [-0.4, -0.2) is 29.3 Å². The lowest BCUT2D eigenvalue weighted by atomic mass is 9.87. The number of benzene rings is 3. The second-order valence-electron chi connectivity index (χ2n) is 7.91. The summed E-state index contributed by atoms with van der Waals surface area (Å²) in [4.78, 5) is 39.6. The van der Waals surface area contributed by atoms with E-state index in [4.69, 9.17) is 4.74 Å². The molecule has 4 rings (SSSR count). The van der Waals surface area contributed by atoms with Gasteiger partial charge >= 0.3 is 6.03 Å². The summed E-state index contributed by atoms with van der Waals surface area (Å²) in [6.45, 7) is 3.41. The molecule has 0 radical (unpaired) electrons. The Kier molecular flexibility index (Phi) is 6.13. The number of hydrogen-bond donors (Lipinski definition) is 2. The van der Waals surface area contributed by atoms with Gasteiger partial charge in [0.25, 0.3) is 5.91 Å². The minimum absolute atomic E-state index is 0.368. The van der Waals surface area contributed by atoms with E-state index in [1.165, 1.54) is 0 Å². The average molecular weight is 444 g/mol. The van der Waals surface area contributed by atoms with Gasteiger partial charge in [0, 0.05) is 0 Å². The van der Waals surface area contributed by atoms with Crippen LogP contribution < -0.4 is 15.4 Å². The van der Waals surface area contributed by atoms with Gasteiger partial charge in [-0.05, 0) is 43.2 Å². The van der Waals surface area contributed by atoms with Gasteiger partial charge in [-0.15, -0.1) is 0 Å². The molecule has 33 heavy (non-hydrogen) atoms. The van der Waals surface area contributed by atoms with Crippen LogP contribution >= 0.6 is 0 Å². The van der Waals surface area contributed by atoms with Gasteiger partial charge in [0.1, 0.15) is 17.8 Å². The fraction of sp³-hybridized carbons (Fsp3) is 0.192. The molecule has 1 aliphatic rings. The number of anilines is 1. The van der Waals surface area contributed by atoms with Crippen LogP contribution in [0.1, 0.15) is 24.5 Å². The first-order chi connectivity index (χ1) is 15.9. The number of rotatable bonds is 7. The van der Waals surface area contributed by atoms with Crippen molar-refractivity contribution in [1.82, 2.24) is 10.2 Å². The van der Waals surface area contributed by atoms with E-state index in [-0.39, 0.29) is 0 Å². The minimum atomic E-state index is -1.18. The Hall–Kier alpha value is -4.13. The first-order valence-corrected chi connectivity index (χ1v) is 10.8. The maximum atomic E-state index is 13.2. The fourth-order valence-corrected chi connectivity index (χ4v) is 3.86. The monoisotopic (exact) mass is 443 g/mol. The van der Waals surface area contributed by atoms with E-state index in [2.05, 4.69) is 10.6 Å². The Morgan fingerprint density at radius 1 is 0.970 bits per heavy atom. The van der Waals surface area contributed by atoms with E-state index in [1.807, 2.05) is 56.3 Å². The molecule has 1 fully saturated rings. The van der Waals surface area contributed by atoms with Crippen LogP contribution in [-0.2, 0) is 15.1 Å². The van der Waals surface area contributed by atoms with Crippen molar-refractivity contribution < 1.29 is 19.1 Å². The maximum Gasteiger partial charge on any atom is 0.325 e. The van der Waals surface area contributed by atoms with E-state index in [9.17, 15) is 14.4 Å². The molecule has 0 aromatic heterocycles. The normalized spacial score (nSPS) is 17.6. The molecule has 1 aliphatic heterocycles. The van der Waals surface area contributed by atoms with Gasteiger partial charge in [-0.2, -0.15) is 0 Å². The van der Waals surface area contributed by atoms with Gasteiger partial charge in [0.15, 0.2) is 5.75 Å². The number of para-hydroxylation sites is 2. The van der Waals surface area contributed by atoms with E-state index in [0.29, 0.717) is 29.2 Å². The number of nitrogens with one attached hydrogen (secondary N) is 2. The molecule has 0 bridgehead atoms. The zero-order valence-electron chi connectivity index (χ0n) is 18.5. The van der Waals surface area contributed by atoms with Crippen LogP contribution in [0.2, 0.25) is 0 Å². The highest BCUT2D eigenvalue weighted by Crippen LogP contribution is 2.33. The van der Waals surface area contributed by atoms with Crippen molar-refractivity contribution in [3.05, 3.63) is 90.0 Å². The number of amides is 4. The Bertz CT molecular complexity index is 1180. The zero-order chi connectivity index (χ0) is 23.4. The zero-order valence-corrected chi connectivity index (χ0v) is 18.5. The van der Waals surface area contributed by atoms with Crippen LogP contribution in [0.3, 0.4) is 0 Å². The Balaban J connectivity index is 1.49. The van der Waals surface area contributed by atoms with E-state index < -0.39 is 29.9 Å². The fourth-order valence-electron chi connectivity index (χ4n) is 3.86. The van der Waals surface area contributed by atoms with Crippen LogP contribution in [0.25, 0.3) is 0 Å². The van der Waals surface area contributed by atoms with Crippen LogP contribution in [0.15, 0.2) is 78.9 Å². The lowest BCUT2D eigenvalue weighted by Gasteiger charge is -2.25. The van der Waals surface area contributed by atoms with Gasteiger partial charge in [-0.25, -0.2) is 4.79 Å². The minimum Gasteiger partial charge on any atom is -0.455 e. The lowest BCUT2D eigenvalue weighted by Crippen LogP contribution is -2.44. The maximum absolute atomic E-state index is 13.2. The first kappa shape index (κ1) is 22.1. The molecule has 0 saturated carbocycles. The van der Waals surface area contributed by atoms with Gasteiger partial charge in [0.2, 0.25) is 5.91 Å². The van der Waals surface area contributed by atoms with Crippen molar-refractivity contribution in [3.63, 3.8) is 0 Å². The summed E-state index contributed by atoms with van der Waals surface area (Å²) in [5.41, 5.74) is 1.06. The highest BCUT2D eigenvalue weighted by atomic mass is 16.5. The number of hydrogen-bond acceptors (Lipinski definition) is 4. The van der Waals surface area contributed by atoms with E-state index in [0.717, 1.165) is 10.5 Å². The van der Waals surface area contributed by atoms with Crippen molar-refractivity contribution in [2.24, 2.45) is 0 Å². The molecule has 7 heteroatoms. The molecule has 4 amide bonds. The smallest absolute Gasteiger partial charge is 0.325 e. The Morgan fingerprint density at radius 2 is 1.64 bits per heavy atom. The summed E-state index contributed by atoms with van der Waals surface area (Å²) in [7, 11) is 0. The summed E-state index contributed by atoms with van der Waals surface area (Å²) >= 11 is 0. The topological polar surface area (TPSA) is 87.7 Å². The third-order valence-electron chi connectivity index (χ3n) is 5.68. The molecule has 1 saturated heterocycles. The summed E-state index contributed by atoms with van der Waals surface area (Å²) in [6, 6.07) is 23.0. The van der Waals surface area contributed by atoms with Crippen molar-refractivity contribution in [1.29, 1.82) is 0 Å². The van der Waals surface area contributed by atoms with E-state index >= 15 is 0 Å². The summed E-state index contributed by atoms with van der Waals surface area (Å²) in [5.74, 6) is 0.144.